The summed E-state index contributed by atoms with van der Waals surface area (Å²) in [4.78, 5) is 20.7. The Kier molecular flexibility index (Phi) is 4.99. The third-order valence-electron chi connectivity index (χ3n) is 4.23. The van der Waals surface area contributed by atoms with Crippen LogP contribution in [-0.2, 0) is 0 Å². The van der Waals surface area contributed by atoms with Gasteiger partial charge in [-0.05, 0) is 43.2 Å². The van der Waals surface area contributed by atoms with Crippen molar-refractivity contribution in [2.75, 3.05) is 32.1 Å². The van der Waals surface area contributed by atoms with Gasteiger partial charge in [-0.25, -0.2) is 0 Å². The molecular weight excluding hydrogens is 302 g/mol. The van der Waals surface area contributed by atoms with Crippen molar-refractivity contribution in [2.24, 2.45) is 0 Å². The van der Waals surface area contributed by atoms with Crippen LogP contribution in [0, 0.1) is 0 Å². The fourth-order valence-electron chi connectivity index (χ4n) is 2.93. The van der Waals surface area contributed by atoms with Crippen LogP contribution >= 0.6 is 0 Å². The molecule has 1 aliphatic rings. The van der Waals surface area contributed by atoms with Gasteiger partial charge in [0, 0.05) is 44.3 Å². The number of carbonyl (C=O) groups is 1. The topological polar surface area (TPSA) is 45.7 Å². The molecule has 1 atom stereocenters. The van der Waals surface area contributed by atoms with Crippen LogP contribution in [0.5, 0.6) is 5.75 Å². The molecule has 0 spiro atoms. The van der Waals surface area contributed by atoms with E-state index in [-0.39, 0.29) is 12.0 Å². The first-order valence-corrected chi connectivity index (χ1v) is 8.27. The highest BCUT2D eigenvalue weighted by atomic mass is 16.5. The van der Waals surface area contributed by atoms with Crippen molar-refractivity contribution in [3.05, 3.63) is 54.4 Å². The van der Waals surface area contributed by atoms with Crippen molar-refractivity contribution in [3.63, 3.8) is 0 Å². The maximum absolute atomic E-state index is 12.8. The number of carbonyl (C=O) groups excluding carboxylic acids is 1. The number of amides is 1. The SMILES string of the molecule is CN(C)c1cccc(C(=O)N2CCCC(Oc3ccncc3)C2)c1. The van der Waals surface area contributed by atoms with E-state index in [1.54, 1.807) is 12.4 Å². The lowest BCUT2D eigenvalue weighted by Gasteiger charge is -2.33. The smallest absolute Gasteiger partial charge is 0.254 e. The second kappa shape index (κ2) is 7.34. The Morgan fingerprint density at radius 1 is 1.25 bits per heavy atom. The summed E-state index contributed by atoms with van der Waals surface area (Å²) in [7, 11) is 3.95. The molecule has 0 bridgehead atoms. The molecule has 5 nitrogen and oxygen atoms in total. The maximum atomic E-state index is 12.8. The number of pyridine rings is 1. The largest absolute Gasteiger partial charge is 0.488 e. The van der Waals surface area contributed by atoms with Gasteiger partial charge in [0.15, 0.2) is 0 Å². The first-order chi connectivity index (χ1) is 11.6. The van der Waals surface area contributed by atoms with Crippen LogP contribution in [0.15, 0.2) is 48.8 Å². The molecule has 1 saturated heterocycles. The molecule has 0 saturated carbocycles. The number of likely N-dealkylation sites (tertiary alicyclic amines) is 1. The Hall–Kier alpha value is -2.56. The van der Waals surface area contributed by atoms with Gasteiger partial charge in [-0.1, -0.05) is 6.07 Å². The number of hydrogen-bond acceptors (Lipinski definition) is 4. The predicted molar refractivity (Wildman–Crippen MR) is 94.6 cm³/mol. The van der Waals surface area contributed by atoms with Gasteiger partial charge in [-0.2, -0.15) is 0 Å². The van der Waals surface area contributed by atoms with Crippen molar-refractivity contribution >= 4 is 11.6 Å². The summed E-state index contributed by atoms with van der Waals surface area (Å²) < 4.78 is 5.99. The molecule has 2 aromatic rings. The molecule has 2 heterocycles. The minimum absolute atomic E-state index is 0.0298. The van der Waals surface area contributed by atoms with Crippen LogP contribution in [0.2, 0.25) is 0 Å². The molecule has 5 heteroatoms. The van der Waals surface area contributed by atoms with Crippen LogP contribution in [0.25, 0.3) is 0 Å². The molecule has 1 fully saturated rings. The lowest BCUT2D eigenvalue weighted by atomic mass is 10.1. The first kappa shape index (κ1) is 16.3. The van der Waals surface area contributed by atoms with Gasteiger partial charge in [0.2, 0.25) is 0 Å². The Morgan fingerprint density at radius 2 is 2.04 bits per heavy atom. The lowest BCUT2D eigenvalue weighted by molar-refractivity contribution is 0.0538. The Morgan fingerprint density at radius 3 is 2.79 bits per heavy atom. The Labute approximate surface area is 142 Å². The van der Waals surface area contributed by atoms with E-state index in [9.17, 15) is 4.79 Å². The highest BCUT2D eigenvalue weighted by Crippen LogP contribution is 2.21. The fourth-order valence-corrected chi connectivity index (χ4v) is 2.93. The van der Waals surface area contributed by atoms with Gasteiger partial charge in [0.05, 0.1) is 6.54 Å². The number of ether oxygens (including phenoxy) is 1. The van der Waals surface area contributed by atoms with Crippen LogP contribution in [0.3, 0.4) is 0 Å². The zero-order valence-electron chi connectivity index (χ0n) is 14.2. The quantitative estimate of drug-likeness (QED) is 0.867. The molecule has 3 rings (SSSR count). The fraction of sp³-hybridized carbons (Fsp3) is 0.368. The molecule has 1 aromatic carbocycles. The molecule has 0 radical (unpaired) electrons. The summed E-state index contributed by atoms with van der Waals surface area (Å²) >= 11 is 0. The zero-order chi connectivity index (χ0) is 16.9. The average molecular weight is 325 g/mol. The van der Waals surface area contributed by atoms with E-state index < -0.39 is 0 Å². The van der Waals surface area contributed by atoms with Gasteiger partial charge in [0.25, 0.3) is 5.91 Å². The van der Waals surface area contributed by atoms with E-state index >= 15 is 0 Å². The number of anilines is 1. The maximum Gasteiger partial charge on any atom is 0.254 e. The van der Waals surface area contributed by atoms with Crippen molar-refractivity contribution in [1.82, 2.24) is 9.88 Å². The van der Waals surface area contributed by atoms with Crippen LogP contribution in [-0.4, -0.2) is 49.1 Å². The lowest BCUT2D eigenvalue weighted by Crippen LogP contribution is -2.44. The minimum atomic E-state index is 0.0298. The van der Waals surface area contributed by atoms with Crippen LogP contribution < -0.4 is 9.64 Å². The van der Waals surface area contributed by atoms with Crippen molar-refractivity contribution < 1.29 is 9.53 Å². The molecule has 1 unspecified atom stereocenters. The van der Waals surface area contributed by atoms with E-state index in [0.717, 1.165) is 36.4 Å². The molecule has 0 N–H and O–H groups in total. The third kappa shape index (κ3) is 3.85. The third-order valence-corrected chi connectivity index (χ3v) is 4.23. The number of benzene rings is 1. The van der Waals surface area contributed by atoms with Gasteiger partial charge < -0.3 is 14.5 Å². The Bertz CT molecular complexity index is 688. The number of nitrogens with zero attached hydrogens (tertiary/aromatic N) is 3. The number of piperidine rings is 1. The minimum Gasteiger partial charge on any atom is -0.488 e. The first-order valence-electron chi connectivity index (χ1n) is 8.27. The highest BCUT2D eigenvalue weighted by molar-refractivity contribution is 5.95. The zero-order valence-corrected chi connectivity index (χ0v) is 14.2. The standard InChI is InChI=1S/C19H23N3O2/c1-21(2)16-6-3-5-15(13-16)19(23)22-12-4-7-18(14-22)24-17-8-10-20-11-9-17/h3,5-6,8-11,13,18H,4,7,12,14H2,1-2H3. The molecule has 0 aliphatic carbocycles. The van der Waals surface area contributed by atoms with Gasteiger partial charge in [-0.15, -0.1) is 0 Å². The predicted octanol–water partition coefficient (Wildman–Crippen LogP) is 2.83. The molecular formula is C19H23N3O2. The summed E-state index contributed by atoms with van der Waals surface area (Å²) in [5, 5.41) is 0. The van der Waals surface area contributed by atoms with E-state index in [4.69, 9.17) is 4.74 Å². The monoisotopic (exact) mass is 325 g/mol. The van der Waals surface area contributed by atoms with Crippen LogP contribution in [0.1, 0.15) is 23.2 Å². The van der Waals surface area contributed by atoms with E-state index in [0.29, 0.717) is 6.54 Å². The van der Waals surface area contributed by atoms with Gasteiger partial charge in [0.1, 0.15) is 11.9 Å². The molecule has 1 aliphatic heterocycles. The number of hydrogen-bond donors (Lipinski definition) is 0. The normalized spacial score (nSPS) is 17.4. The summed E-state index contributed by atoms with van der Waals surface area (Å²) in [6.45, 7) is 1.40. The summed E-state index contributed by atoms with van der Waals surface area (Å²) in [5.74, 6) is 0.876. The molecule has 126 valence electrons. The number of rotatable bonds is 4. The Balaban J connectivity index is 1.68. The second-order valence-electron chi connectivity index (χ2n) is 6.26. The summed E-state index contributed by atoms with van der Waals surface area (Å²) in [5.41, 5.74) is 1.76. The molecule has 1 amide bonds. The second-order valence-corrected chi connectivity index (χ2v) is 6.26. The van der Waals surface area contributed by atoms with Gasteiger partial charge >= 0.3 is 0 Å². The van der Waals surface area contributed by atoms with E-state index in [2.05, 4.69) is 4.98 Å². The van der Waals surface area contributed by atoms with Crippen molar-refractivity contribution in [3.8, 4) is 5.75 Å². The van der Waals surface area contributed by atoms with Crippen molar-refractivity contribution in [1.29, 1.82) is 0 Å². The molecule has 24 heavy (non-hydrogen) atoms. The highest BCUT2D eigenvalue weighted by Gasteiger charge is 2.25. The summed E-state index contributed by atoms with van der Waals surface area (Å²) in [6.07, 6.45) is 5.38. The van der Waals surface area contributed by atoms with Crippen molar-refractivity contribution in [2.45, 2.75) is 18.9 Å². The van der Waals surface area contributed by atoms with Crippen LogP contribution in [0.4, 0.5) is 5.69 Å². The van der Waals surface area contributed by atoms with E-state index in [1.807, 2.05) is 60.3 Å². The van der Waals surface area contributed by atoms with Gasteiger partial charge in [-0.3, -0.25) is 9.78 Å². The number of aromatic nitrogens is 1. The molecule has 1 aromatic heterocycles. The van der Waals surface area contributed by atoms with E-state index in [1.165, 1.54) is 0 Å². The average Bonchev–Trinajstić information content (AvgIpc) is 2.62. The summed E-state index contributed by atoms with van der Waals surface area (Å²) in [6, 6.07) is 11.4.